The fourth-order valence-electron chi connectivity index (χ4n) is 2.02. The predicted molar refractivity (Wildman–Crippen MR) is 36.9 cm³/mol. The lowest BCUT2D eigenvalue weighted by molar-refractivity contribution is -0.140. The number of nitrogens with two attached hydrogens (primary N) is 1. The lowest BCUT2D eigenvalue weighted by atomic mass is 10.00. The largest absolute Gasteiger partial charge is 0.273 e. The first kappa shape index (κ1) is 6.79. The van der Waals surface area contributed by atoms with Crippen molar-refractivity contribution in [3.8, 4) is 0 Å². The Morgan fingerprint density at radius 2 is 1.64 bits per heavy atom. The van der Waals surface area contributed by atoms with Crippen LogP contribution < -0.4 is 5.84 Å². The average Bonchev–Trinajstić information content (AvgIpc) is 2.53. The van der Waals surface area contributed by atoms with Crippen LogP contribution in [0.1, 0.15) is 19.3 Å². The molecule has 0 bridgehead atoms. The van der Waals surface area contributed by atoms with Crippen LogP contribution in [0.5, 0.6) is 0 Å². The molecule has 1 heterocycles. The zero-order valence-corrected chi connectivity index (χ0v) is 6.12. The van der Waals surface area contributed by atoms with Crippen molar-refractivity contribution in [2.24, 2.45) is 17.7 Å². The van der Waals surface area contributed by atoms with E-state index in [0.29, 0.717) is 0 Å². The molecule has 2 amide bonds. The number of amides is 2. The van der Waals surface area contributed by atoms with Crippen LogP contribution in [0.2, 0.25) is 0 Å². The molecule has 4 nitrogen and oxygen atoms in total. The summed E-state index contributed by atoms with van der Waals surface area (Å²) in [6.07, 6.45) is 2.66. The second-order valence-corrected chi connectivity index (χ2v) is 3.19. The third kappa shape index (κ3) is 0.728. The fourth-order valence-corrected chi connectivity index (χ4v) is 2.02. The van der Waals surface area contributed by atoms with Crippen molar-refractivity contribution < 1.29 is 9.59 Å². The third-order valence-corrected chi connectivity index (χ3v) is 2.63. The summed E-state index contributed by atoms with van der Waals surface area (Å²) in [4.78, 5) is 22.4. The van der Waals surface area contributed by atoms with Gasteiger partial charge in [-0.3, -0.25) is 9.59 Å². The van der Waals surface area contributed by atoms with E-state index in [4.69, 9.17) is 5.84 Å². The van der Waals surface area contributed by atoms with Gasteiger partial charge in [0.15, 0.2) is 0 Å². The molecule has 0 aromatic carbocycles. The zero-order valence-electron chi connectivity index (χ0n) is 6.12. The van der Waals surface area contributed by atoms with Crippen molar-refractivity contribution in [3.63, 3.8) is 0 Å². The van der Waals surface area contributed by atoms with Crippen molar-refractivity contribution in [2.75, 3.05) is 0 Å². The third-order valence-electron chi connectivity index (χ3n) is 2.63. The van der Waals surface area contributed by atoms with E-state index in [1.165, 1.54) is 0 Å². The molecule has 0 radical (unpaired) electrons. The Morgan fingerprint density at radius 1 is 1.18 bits per heavy atom. The number of nitrogens with zero attached hydrogens (tertiary/aromatic N) is 1. The number of hydrogen-bond donors (Lipinski definition) is 1. The van der Waals surface area contributed by atoms with Gasteiger partial charge in [0.1, 0.15) is 0 Å². The zero-order chi connectivity index (χ0) is 8.01. The van der Waals surface area contributed by atoms with Gasteiger partial charge in [-0.15, -0.1) is 0 Å². The molecule has 0 spiro atoms. The highest BCUT2D eigenvalue weighted by Gasteiger charge is 2.48. The van der Waals surface area contributed by atoms with E-state index in [0.717, 1.165) is 24.3 Å². The molecule has 60 valence electrons. The number of hydrogen-bond acceptors (Lipinski definition) is 3. The Balaban J connectivity index is 2.30. The maximum absolute atomic E-state index is 11.2. The van der Waals surface area contributed by atoms with Gasteiger partial charge in [0.05, 0.1) is 11.8 Å². The van der Waals surface area contributed by atoms with Crippen molar-refractivity contribution in [1.29, 1.82) is 0 Å². The van der Waals surface area contributed by atoms with Gasteiger partial charge in [-0.25, -0.2) is 10.9 Å². The van der Waals surface area contributed by atoms with E-state index in [2.05, 4.69) is 0 Å². The summed E-state index contributed by atoms with van der Waals surface area (Å²) in [5.74, 6) is 4.70. The summed E-state index contributed by atoms with van der Waals surface area (Å²) in [7, 11) is 0. The summed E-state index contributed by atoms with van der Waals surface area (Å²) in [5, 5.41) is 0.786. The summed E-state index contributed by atoms with van der Waals surface area (Å²) in [5.41, 5.74) is 0. The Hall–Kier alpha value is -0.900. The quantitative estimate of drug-likeness (QED) is 0.294. The number of fused-ring (bicyclic) bond motifs is 1. The fraction of sp³-hybridized carbons (Fsp3) is 0.714. The van der Waals surface area contributed by atoms with E-state index < -0.39 is 0 Å². The monoisotopic (exact) mass is 154 g/mol. The number of hydrazine groups is 1. The molecule has 11 heavy (non-hydrogen) atoms. The molecule has 1 aliphatic heterocycles. The van der Waals surface area contributed by atoms with Gasteiger partial charge < -0.3 is 0 Å². The highest BCUT2D eigenvalue weighted by molar-refractivity contribution is 6.04. The minimum atomic E-state index is -0.183. The molecule has 0 aromatic rings. The average molecular weight is 154 g/mol. The molecule has 2 unspecified atom stereocenters. The van der Waals surface area contributed by atoms with E-state index in [1.54, 1.807) is 0 Å². The van der Waals surface area contributed by atoms with Crippen molar-refractivity contribution in [1.82, 2.24) is 5.01 Å². The van der Waals surface area contributed by atoms with Gasteiger partial charge in [-0.1, -0.05) is 6.42 Å². The van der Waals surface area contributed by atoms with Crippen LogP contribution in [0, 0.1) is 11.8 Å². The first-order valence-corrected chi connectivity index (χ1v) is 3.84. The Bertz CT molecular complexity index is 204. The first-order valence-electron chi connectivity index (χ1n) is 3.84. The first-order chi connectivity index (χ1) is 5.22. The normalized spacial score (nSPS) is 36.6. The number of rotatable bonds is 0. The van der Waals surface area contributed by atoms with Gasteiger partial charge in [-0.2, -0.15) is 0 Å². The van der Waals surface area contributed by atoms with E-state index >= 15 is 0 Å². The van der Waals surface area contributed by atoms with Gasteiger partial charge >= 0.3 is 0 Å². The van der Waals surface area contributed by atoms with E-state index in [-0.39, 0.29) is 23.7 Å². The van der Waals surface area contributed by atoms with Crippen LogP contribution in [0.3, 0.4) is 0 Å². The summed E-state index contributed by atoms with van der Waals surface area (Å²) in [6.45, 7) is 0. The lowest BCUT2D eigenvalue weighted by Gasteiger charge is -2.05. The topological polar surface area (TPSA) is 63.4 Å². The highest BCUT2D eigenvalue weighted by atomic mass is 16.2. The number of carbonyl (C=O) groups is 2. The van der Waals surface area contributed by atoms with Crippen LogP contribution >= 0.6 is 0 Å². The lowest BCUT2D eigenvalue weighted by Crippen LogP contribution is -2.37. The molecule has 1 saturated carbocycles. The summed E-state index contributed by atoms with van der Waals surface area (Å²) in [6, 6.07) is 0. The van der Waals surface area contributed by atoms with Crippen LogP contribution in [-0.2, 0) is 9.59 Å². The Morgan fingerprint density at radius 3 is 2.09 bits per heavy atom. The molecule has 2 aliphatic rings. The predicted octanol–water partition coefficient (Wildman–Crippen LogP) is -0.355. The second-order valence-electron chi connectivity index (χ2n) is 3.19. The summed E-state index contributed by atoms with van der Waals surface area (Å²) >= 11 is 0. The van der Waals surface area contributed by atoms with Crippen molar-refractivity contribution in [2.45, 2.75) is 19.3 Å². The van der Waals surface area contributed by atoms with Gasteiger partial charge in [0, 0.05) is 0 Å². The molecule has 1 saturated heterocycles. The standard InChI is InChI=1S/C7H10N2O2/c8-9-6(10)4-2-1-3-5(4)7(9)11/h4-5H,1-3,8H2. The van der Waals surface area contributed by atoms with Crippen LogP contribution in [0.4, 0.5) is 0 Å². The summed E-state index contributed by atoms with van der Waals surface area (Å²) < 4.78 is 0. The molecule has 4 heteroatoms. The second kappa shape index (κ2) is 2.04. The van der Waals surface area contributed by atoms with Crippen LogP contribution in [-0.4, -0.2) is 16.8 Å². The minimum Gasteiger partial charge on any atom is -0.273 e. The smallest absolute Gasteiger partial charge is 0.247 e. The molecule has 0 aromatic heterocycles. The molecule has 2 N–H and O–H groups in total. The highest BCUT2D eigenvalue weighted by Crippen LogP contribution is 2.38. The van der Waals surface area contributed by atoms with Crippen LogP contribution in [0.25, 0.3) is 0 Å². The Labute approximate surface area is 64.3 Å². The van der Waals surface area contributed by atoms with E-state index in [9.17, 15) is 9.59 Å². The molecule has 1 aliphatic carbocycles. The molecule has 2 fully saturated rings. The van der Waals surface area contributed by atoms with Crippen molar-refractivity contribution >= 4 is 11.8 Å². The minimum absolute atomic E-state index is 0.0903. The van der Waals surface area contributed by atoms with E-state index in [1.807, 2.05) is 0 Å². The molecular formula is C7H10N2O2. The van der Waals surface area contributed by atoms with Gasteiger partial charge in [-0.05, 0) is 12.8 Å². The van der Waals surface area contributed by atoms with Crippen molar-refractivity contribution in [3.05, 3.63) is 0 Å². The maximum atomic E-state index is 11.2. The van der Waals surface area contributed by atoms with Gasteiger partial charge in [0.25, 0.3) is 0 Å². The molecule has 2 rings (SSSR count). The number of imide groups is 1. The van der Waals surface area contributed by atoms with Gasteiger partial charge in [0.2, 0.25) is 11.8 Å². The number of carbonyl (C=O) groups excluding carboxylic acids is 2. The molecular weight excluding hydrogens is 144 g/mol. The molecule has 2 atom stereocenters. The maximum Gasteiger partial charge on any atom is 0.247 e. The van der Waals surface area contributed by atoms with Crippen LogP contribution in [0.15, 0.2) is 0 Å². The SMILES string of the molecule is NN1C(=O)C2CCCC2C1=O. The Kier molecular flexibility index (Phi) is 1.26.